The summed E-state index contributed by atoms with van der Waals surface area (Å²) in [7, 11) is 0. The largest absolute Gasteiger partial charge is 0.550 e. The Morgan fingerprint density at radius 2 is 1.38 bits per heavy atom. The zero-order valence-corrected chi connectivity index (χ0v) is 14.5. The van der Waals surface area contributed by atoms with Crippen LogP contribution in [0.1, 0.15) is 32.6 Å². The van der Waals surface area contributed by atoms with Gasteiger partial charge in [-0.25, -0.2) is 0 Å². The highest BCUT2D eigenvalue weighted by atomic mass is 127. The monoisotopic (exact) mass is 396 g/mol. The van der Waals surface area contributed by atoms with Gasteiger partial charge in [-0.2, -0.15) is 0 Å². The first-order chi connectivity index (χ1) is 10.2. The normalized spacial score (nSPS) is 9.57. The number of carbonyl (C=O) groups excluding carboxylic acids is 1. The molecule has 3 heteroatoms. The third-order valence-corrected chi connectivity index (χ3v) is 5.35. The van der Waals surface area contributed by atoms with Gasteiger partial charge in [0.25, 0.3) is 0 Å². The average Bonchev–Trinajstić information content (AvgIpc) is 2.50. The predicted molar refractivity (Wildman–Crippen MR) is 79.4 cm³/mol. The maximum absolute atomic E-state index is 9.76. The molecule has 0 spiro atoms. The van der Waals surface area contributed by atoms with Gasteiger partial charge in [0.05, 0.1) is 0 Å². The van der Waals surface area contributed by atoms with E-state index in [2.05, 4.69) is 60.7 Å². The Labute approximate surface area is 137 Å². The summed E-state index contributed by atoms with van der Waals surface area (Å²) in [5.41, 5.74) is 0. The zero-order valence-electron chi connectivity index (χ0n) is 12.3. The van der Waals surface area contributed by atoms with Crippen molar-refractivity contribution in [3.8, 4) is 0 Å². The SMILES string of the molecule is CCCCCC(=O)[O-].c1ccc([I+]c2ccccc2)cc1. The molecule has 0 fully saturated rings. The first-order valence-corrected chi connectivity index (χ1v) is 9.33. The fourth-order valence-corrected chi connectivity index (χ4v) is 3.87. The lowest BCUT2D eigenvalue weighted by atomic mass is 10.2. The number of hydrogen-bond acceptors (Lipinski definition) is 2. The molecule has 0 N–H and O–H groups in total. The topological polar surface area (TPSA) is 40.1 Å². The molecule has 0 bridgehead atoms. The van der Waals surface area contributed by atoms with Crippen LogP contribution in [0.25, 0.3) is 0 Å². The van der Waals surface area contributed by atoms with Crippen molar-refractivity contribution in [1.82, 2.24) is 0 Å². The van der Waals surface area contributed by atoms with Crippen molar-refractivity contribution in [2.75, 3.05) is 0 Å². The number of aliphatic carboxylic acids is 1. The maximum atomic E-state index is 9.76. The van der Waals surface area contributed by atoms with Crippen LogP contribution in [-0.4, -0.2) is 5.97 Å². The van der Waals surface area contributed by atoms with E-state index in [0.29, 0.717) is 0 Å². The van der Waals surface area contributed by atoms with Crippen LogP contribution in [-0.2, 0) is 4.79 Å². The maximum Gasteiger partial charge on any atom is 0.357 e. The molecule has 0 aliphatic heterocycles. The van der Waals surface area contributed by atoms with Gasteiger partial charge in [-0.05, 0) is 37.1 Å². The van der Waals surface area contributed by atoms with E-state index in [1.807, 2.05) is 6.92 Å². The van der Waals surface area contributed by atoms with Crippen LogP contribution in [0.4, 0.5) is 0 Å². The van der Waals surface area contributed by atoms with Crippen LogP contribution in [0.3, 0.4) is 0 Å². The van der Waals surface area contributed by atoms with E-state index in [1.54, 1.807) is 0 Å². The predicted octanol–water partition coefficient (Wildman–Crippen LogP) is 0.132. The Bertz CT molecular complexity index is 460. The second kappa shape index (κ2) is 11.3. The van der Waals surface area contributed by atoms with Crippen molar-refractivity contribution >= 4 is 5.97 Å². The number of carboxylic acid groups (broad SMARTS) is 1. The molecule has 0 radical (unpaired) electrons. The first-order valence-electron chi connectivity index (χ1n) is 7.17. The Kier molecular flexibility index (Phi) is 9.53. The minimum atomic E-state index is -0.932. The fraction of sp³-hybridized carbons (Fsp3) is 0.278. The molecule has 0 aromatic heterocycles. The van der Waals surface area contributed by atoms with Gasteiger partial charge in [0, 0.05) is 5.97 Å². The Morgan fingerprint density at radius 3 is 1.76 bits per heavy atom. The van der Waals surface area contributed by atoms with Crippen molar-refractivity contribution in [3.63, 3.8) is 0 Å². The van der Waals surface area contributed by atoms with E-state index < -0.39 is 5.97 Å². The summed E-state index contributed by atoms with van der Waals surface area (Å²) >= 11 is 0.0287. The molecule has 0 saturated heterocycles. The number of benzene rings is 2. The number of rotatable bonds is 6. The van der Waals surface area contributed by atoms with Crippen LogP contribution in [0.2, 0.25) is 0 Å². The van der Waals surface area contributed by atoms with Crippen LogP contribution in [0, 0.1) is 7.14 Å². The number of unbranched alkanes of at least 4 members (excludes halogenated alkanes) is 2. The van der Waals surface area contributed by atoms with E-state index in [1.165, 1.54) is 7.14 Å². The second-order valence-corrected chi connectivity index (χ2v) is 7.55. The standard InChI is InChI=1S/C12H10I.C6H12O2/c1-3-7-11(8-4-1)13-12-9-5-2-6-10-12;1-2-3-4-5-6(7)8/h1-10H;2-5H2,1H3,(H,7,8)/q+1;/p-1. The van der Waals surface area contributed by atoms with E-state index in [9.17, 15) is 9.90 Å². The number of carboxylic acids is 1. The molecule has 0 aliphatic carbocycles. The Hall–Kier alpha value is -1.36. The molecule has 0 unspecified atom stereocenters. The highest BCUT2D eigenvalue weighted by Crippen LogP contribution is 1.96. The van der Waals surface area contributed by atoms with Crippen LogP contribution in [0.5, 0.6) is 0 Å². The van der Waals surface area contributed by atoms with Gasteiger partial charge in [0.2, 0.25) is 0 Å². The summed E-state index contributed by atoms with van der Waals surface area (Å²) in [5, 5.41) is 9.76. The van der Waals surface area contributed by atoms with Crippen molar-refractivity contribution in [1.29, 1.82) is 0 Å². The number of halogens is 1. The van der Waals surface area contributed by atoms with Gasteiger partial charge in [-0.15, -0.1) is 0 Å². The molecule has 0 saturated carbocycles. The summed E-state index contributed by atoms with van der Waals surface area (Å²) in [5.74, 6) is -0.932. The Morgan fingerprint density at radius 1 is 0.905 bits per heavy atom. The molecular weight excluding hydrogens is 375 g/mol. The summed E-state index contributed by atoms with van der Waals surface area (Å²) in [6.07, 6.45) is 3.04. The lowest BCUT2D eigenvalue weighted by Crippen LogP contribution is -3.61. The minimum Gasteiger partial charge on any atom is -0.550 e. The van der Waals surface area contributed by atoms with E-state index in [-0.39, 0.29) is 27.6 Å². The third-order valence-electron chi connectivity index (χ3n) is 2.67. The molecule has 0 heterocycles. The second-order valence-electron chi connectivity index (χ2n) is 4.51. The minimum absolute atomic E-state index is 0.0287. The molecule has 2 rings (SSSR count). The zero-order chi connectivity index (χ0) is 15.3. The summed E-state index contributed by atoms with van der Waals surface area (Å²) < 4.78 is 2.96. The van der Waals surface area contributed by atoms with Gasteiger partial charge < -0.3 is 9.90 Å². The van der Waals surface area contributed by atoms with E-state index in [4.69, 9.17) is 0 Å². The molecule has 2 nitrogen and oxygen atoms in total. The average molecular weight is 396 g/mol. The number of hydrogen-bond donors (Lipinski definition) is 0. The van der Waals surface area contributed by atoms with Crippen molar-refractivity contribution in [3.05, 3.63) is 67.8 Å². The first kappa shape index (κ1) is 17.7. The molecule has 0 atom stereocenters. The molecule has 0 amide bonds. The highest BCUT2D eigenvalue weighted by molar-refractivity contribution is 5.63. The van der Waals surface area contributed by atoms with Crippen LogP contribution >= 0.6 is 0 Å². The van der Waals surface area contributed by atoms with E-state index >= 15 is 0 Å². The smallest absolute Gasteiger partial charge is 0.357 e. The highest BCUT2D eigenvalue weighted by Gasteiger charge is 2.12. The Balaban J connectivity index is 0.000000240. The van der Waals surface area contributed by atoms with Crippen molar-refractivity contribution in [2.24, 2.45) is 0 Å². The summed E-state index contributed by atoms with van der Waals surface area (Å²) in [6, 6.07) is 21.4. The van der Waals surface area contributed by atoms with Gasteiger partial charge in [0.15, 0.2) is 7.14 Å². The molecule has 2 aromatic carbocycles. The lowest BCUT2D eigenvalue weighted by molar-refractivity contribution is -0.597. The molecule has 2 aromatic rings. The van der Waals surface area contributed by atoms with Crippen LogP contribution < -0.4 is 26.3 Å². The quantitative estimate of drug-likeness (QED) is 0.515. The fourth-order valence-electron chi connectivity index (χ4n) is 1.60. The van der Waals surface area contributed by atoms with Crippen molar-refractivity contribution < 1.29 is 31.1 Å². The van der Waals surface area contributed by atoms with Crippen molar-refractivity contribution in [2.45, 2.75) is 32.6 Å². The van der Waals surface area contributed by atoms with Gasteiger partial charge in [-0.3, -0.25) is 0 Å². The molecule has 112 valence electrons. The van der Waals surface area contributed by atoms with E-state index in [0.717, 1.165) is 19.3 Å². The third kappa shape index (κ3) is 9.24. The van der Waals surface area contributed by atoms with Crippen LogP contribution in [0.15, 0.2) is 60.7 Å². The summed E-state index contributed by atoms with van der Waals surface area (Å²) in [6.45, 7) is 2.04. The van der Waals surface area contributed by atoms with Gasteiger partial charge in [-0.1, -0.05) is 56.2 Å². The molecular formula is C18H21IO2. The lowest BCUT2D eigenvalue weighted by Gasteiger charge is -1.97. The summed E-state index contributed by atoms with van der Waals surface area (Å²) in [4.78, 5) is 9.76. The van der Waals surface area contributed by atoms with Gasteiger partial charge >= 0.3 is 21.2 Å². The molecule has 21 heavy (non-hydrogen) atoms. The molecule has 0 aliphatic rings. The van der Waals surface area contributed by atoms with Gasteiger partial charge in [0.1, 0.15) is 0 Å². The number of carbonyl (C=O) groups is 1.